The Hall–Kier alpha value is -1.46. The molecule has 0 saturated heterocycles. The number of carbonyl (C=O) groups excluding carboxylic acids is 2. The summed E-state index contributed by atoms with van der Waals surface area (Å²) in [4.78, 5) is 24.0. The maximum atomic E-state index is 12.0. The number of hydrogen-bond acceptors (Lipinski definition) is 6. The highest BCUT2D eigenvalue weighted by atomic mass is 16.6. The van der Waals surface area contributed by atoms with Crippen LogP contribution >= 0.6 is 0 Å². The molecule has 6 nitrogen and oxygen atoms in total. The fraction of sp³-hybridized carbons (Fsp3) is 0.935. The fourth-order valence-electron chi connectivity index (χ4n) is 4.77. The minimum absolute atomic E-state index is 0.0164. The molecular weight excluding hydrogens is 464 g/mol. The molecule has 1 unspecified atom stereocenters. The van der Waals surface area contributed by atoms with Gasteiger partial charge in [0.05, 0.1) is 0 Å². The molecule has 1 heterocycles. The van der Waals surface area contributed by atoms with Crippen LogP contribution in [0.4, 0.5) is 0 Å². The summed E-state index contributed by atoms with van der Waals surface area (Å²) in [7, 11) is 0. The van der Waals surface area contributed by atoms with E-state index in [9.17, 15) is 9.59 Å². The van der Waals surface area contributed by atoms with Crippen molar-refractivity contribution in [3.8, 4) is 0 Å². The van der Waals surface area contributed by atoms with E-state index in [2.05, 4.69) is 24.1 Å². The smallest absolute Gasteiger partial charge is 0.306 e. The molecule has 216 valence electrons. The van der Waals surface area contributed by atoms with Crippen molar-refractivity contribution in [1.29, 1.82) is 0 Å². The topological polar surface area (TPSA) is 77.3 Å². The summed E-state index contributed by atoms with van der Waals surface area (Å²) in [6.45, 7) is 6.41. The maximum Gasteiger partial charge on any atom is 0.306 e. The summed E-state index contributed by atoms with van der Waals surface area (Å²) in [5.41, 5.74) is -0.0164. The molecule has 0 radical (unpaired) electrons. The lowest BCUT2D eigenvalue weighted by Crippen LogP contribution is -2.22. The highest BCUT2D eigenvalue weighted by Crippen LogP contribution is 2.38. The van der Waals surface area contributed by atoms with E-state index < -0.39 is 0 Å². The van der Waals surface area contributed by atoms with E-state index in [1.807, 2.05) is 0 Å². The molecule has 1 aliphatic rings. The van der Waals surface area contributed by atoms with Crippen molar-refractivity contribution in [2.45, 2.75) is 180 Å². The molecule has 0 bridgehead atoms. The van der Waals surface area contributed by atoms with Gasteiger partial charge in [0.25, 0.3) is 0 Å². The van der Waals surface area contributed by atoms with Crippen LogP contribution < -0.4 is 0 Å². The molecule has 0 amide bonds. The highest BCUT2D eigenvalue weighted by molar-refractivity contribution is 5.70. The summed E-state index contributed by atoms with van der Waals surface area (Å²) in [5.74, 6) is -0.372. The lowest BCUT2D eigenvalue weighted by Gasteiger charge is -2.13. The summed E-state index contributed by atoms with van der Waals surface area (Å²) in [6, 6.07) is 0. The van der Waals surface area contributed by atoms with Crippen LogP contribution in [0.25, 0.3) is 0 Å². The van der Waals surface area contributed by atoms with Gasteiger partial charge < -0.3 is 9.47 Å². The van der Waals surface area contributed by atoms with Crippen molar-refractivity contribution in [1.82, 2.24) is 0 Å². The first-order valence-corrected chi connectivity index (χ1v) is 15.8. The van der Waals surface area contributed by atoms with Crippen LogP contribution in [0.5, 0.6) is 0 Å². The molecule has 0 saturated carbocycles. The minimum Gasteiger partial charge on any atom is -0.462 e. The molecule has 0 aromatic rings. The van der Waals surface area contributed by atoms with E-state index in [4.69, 9.17) is 9.47 Å². The number of nitrogens with zero attached hydrogens (tertiary/aromatic N) is 2. The molecule has 1 aliphatic heterocycles. The van der Waals surface area contributed by atoms with Crippen LogP contribution in [0.1, 0.15) is 168 Å². The van der Waals surface area contributed by atoms with Gasteiger partial charge in [-0.25, -0.2) is 0 Å². The predicted octanol–water partition coefficient (Wildman–Crippen LogP) is 9.64. The lowest BCUT2D eigenvalue weighted by atomic mass is 9.98. The SMILES string of the molecule is CCCCCCCCCCCCCC(=O)OCC(C)OC(=O)CCCCCCCCC1(CCCC)N=N1. The van der Waals surface area contributed by atoms with Crippen LogP contribution in [0.2, 0.25) is 0 Å². The Kier molecular flexibility index (Phi) is 20.4. The number of rotatable bonds is 27. The van der Waals surface area contributed by atoms with Crippen LogP contribution in [-0.2, 0) is 19.1 Å². The van der Waals surface area contributed by atoms with Gasteiger partial charge in [-0.15, -0.1) is 0 Å². The summed E-state index contributed by atoms with van der Waals surface area (Å²) in [5, 5.41) is 8.53. The molecule has 6 heteroatoms. The van der Waals surface area contributed by atoms with Crippen molar-refractivity contribution >= 4 is 11.9 Å². The number of unbranched alkanes of at least 4 members (excludes halogenated alkanes) is 16. The van der Waals surface area contributed by atoms with Crippen molar-refractivity contribution in [2.24, 2.45) is 10.2 Å². The molecule has 0 aliphatic carbocycles. The average molecular weight is 523 g/mol. The first kappa shape index (κ1) is 33.6. The second-order valence-corrected chi connectivity index (χ2v) is 11.2. The number of esters is 2. The Morgan fingerprint density at radius 1 is 0.595 bits per heavy atom. The van der Waals surface area contributed by atoms with Gasteiger partial charge in [-0.2, -0.15) is 10.2 Å². The van der Waals surface area contributed by atoms with E-state index >= 15 is 0 Å². The second kappa shape index (κ2) is 22.5. The first-order valence-electron chi connectivity index (χ1n) is 15.8. The number of ether oxygens (including phenoxy) is 2. The van der Waals surface area contributed by atoms with Crippen molar-refractivity contribution in [2.75, 3.05) is 6.61 Å². The monoisotopic (exact) mass is 522 g/mol. The molecule has 1 atom stereocenters. The zero-order valence-electron chi connectivity index (χ0n) is 24.6. The molecule has 37 heavy (non-hydrogen) atoms. The van der Waals surface area contributed by atoms with Gasteiger partial charge in [-0.05, 0) is 45.4 Å². The van der Waals surface area contributed by atoms with E-state index in [1.165, 1.54) is 89.9 Å². The zero-order valence-corrected chi connectivity index (χ0v) is 24.6. The Balaban J connectivity index is 1.86. The standard InChI is InChI=1S/C31H58N2O4/c1-4-6-8-9-10-11-12-13-14-17-20-23-29(34)36-27-28(3)37-30(35)24-21-18-15-16-19-22-26-31(32-33-31)25-7-5-2/h28H,4-27H2,1-3H3. The summed E-state index contributed by atoms with van der Waals surface area (Å²) < 4.78 is 10.7. The molecule has 0 aromatic heterocycles. The van der Waals surface area contributed by atoms with Gasteiger partial charge in [0, 0.05) is 12.8 Å². The first-order chi connectivity index (χ1) is 18.0. The van der Waals surface area contributed by atoms with E-state index in [0.29, 0.717) is 12.8 Å². The normalized spacial score (nSPS) is 14.5. The van der Waals surface area contributed by atoms with Crippen LogP contribution in [0.15, 0.2) is 10.2 Å². The number of carbonyl (C=O) groups is 2. The Bertz CT molecular complexity index is 602. The Morgan fingerprint density at radius 3 is 1.54 bits per heavy atom. The van der Waals surface area contributed by atoms with E-state index in [-0.39, 0.29) is 30.3 Å². The molecule has 0 fully saturated rings. The summed E-state index contributed by atoms with van der Waals surface area (Å²) >= 11 is 0. The van der Waals surface area contributed by atoms with Crippen molar-refractivity contribution in [3.05, 3.63) is 0 Å². The molecule has 1 rings (SSSR count). The van der Waals surface area contributed by atoms with Gasteiger partial charge in [0.1, 0.15) is 12.7 Å². The van der Waals surface area contributed by atoms with E-state index in [1.54, 1.807) is 6.92 Å². The van der Waals surface area contributed by atoms with Gasteiger partial charge in [-0.3, -0.25) is 9.59 Å². The molecule has 0 N–H and O–H groups in total. The zero-order chi connectivity index (χ0) is 27.0. The van der Waals surface area contributed by atoms with E-state index in [0.717, 1.165) is 44.9 Å². The third-order valence-corrected chi connectivity index (χ3v) is 7.32. The summed E-state index contributed by atoms with van der Waals surface area (Å²) in [6.07, 6.45) is 25.7. The Morgan fingerprint density at radius 2 is 1.03 bits per heavy atom. The van der Waals surface area contributed by atoms with Gasteiger partial charge in [-0.1, -0.05) is 110 Å². The maximum absolute atomic E-state index is 12.0. The molecule has 0 aromatic carbocycles. The minimum atomic E-state index is -0.382. The van der Waals surface area contributed by atoms with Crippen LogP contribution in [0, 0.1) is 0 Å². The molecular formula is C31H58N2O4. The van der Waals surface area contributed by atoms with Crippen molar-refractivity contribution < 1.29 is 19.1 Å². The van der Waals surface area contributed by atoms with Crippen molar-refractivity contribution in [3.63, 3.8) is 0 Å². The second-order valence-electron chi connectivity index (χ2n) is 11.2. The van der Waals surface area contributed by atoms with Gasteiger partial charge >= 0.3 is 11.9 Å². The Labute approximate surface area is 228 Å². The average Bonchev–Trinajstić information content (AvgIpc) is 3.66. The van der Waals surface area contributed by atoms with Gasteiger partial charge in [0.15, 0.2) is 5.66 Å². The lowest BCUT2D eigenvalue weighted by molar-refractivity contribution is -0.158. The molecule has 0 spiro atoms. The predicted molar refractivity (Wildman–Crippen MR) is 152 cm³/mol. The van der Waals surface area contributed by atoms with Crippen LogP contribution in [0.3, 0.4) is 0 Å². The van der Waals surface area contributed by atoms with Gasteiger partial charge in [0.2, 0.25) is 0 Å². The fourth-order valence-corrected chi connectivity index (χ4v) is 4.77. The number of hydrogen-bond donors (Lipinski definition) is 0. The highest BCUT2D eigenvalue weighted by Gasteiger charge is 2.37. The quantitative estimate of drug-likeness (QED) is 0.0794. The third-order valence-electron chi connectivity index (χ3n) is 7.32. The third kappa shape index (κ3) is 20.2. The van der Waals surface area contributed by atoms with Crippen LogP contribution in [-0.4, -0.2) is 30.3 Å². The largest absolute Gasteiger partial charge is 0.462 e.